The maximum atomic E-state index is 4.67. The van der Waals surface area contributed by atoms with Crippen LogP contribution in [0.25, 0.3) is 0 Å². The number of aliphatic imine (C=N–C) groups is 1. The summed E-state index contributed by atoms with van der Waals surface area (Å²) in [5.74, 6) is 0. The van der Waals surface area contributed by atoms with Crippen molar-refractivity contribution in [3.8, 4) is 0 Å². The second kappa shape index (κ2) is 8.03. The highest BCUT2D eigenvalue weighted by Gasteiger charge is 1.96. The SMILES string of the molecule is C.CC1=NCCC1.[B]B([B])[B]. The van der Waals surface area contributed by atoms with Crippen LogP contribution < -0.4 is 0 Å². The quantitative estimate of drug-likeness (QED) is 0.433. The third-order valence-electron chi connectivity index (χ3n) is 1.08. The van der Waals surface area contributed by atoms with Gasteiger partial charge in [0.05, 0.1) is 0 Å². The second-order valence-electron chi connectivity index (χ2n) is 2.30. The van der Waals surface area contributed by atoms with Crippen LogP contribution in [-0.4, -0.2) is 41.9 Å². The smallest absolute Gasteiger partial charge is 0.0392 e. The third kappa shape index (κ3) is 13.0. The largest absolute Gasteiger partial charge is 0.294 e. The first-order chi connectivity index (χ1) is 4.63. The normalized spacial score (nSPS) is 13.7. The van der Waals surface area contributed by atoms with Gasteiger partial charge in [0.25, 0.3) is 0 Å². The van der Waals surface area contributed by atoms with Gasteiger partial charge < -0.3 is 0 Å². The fourth-order valence-electron chi connectivity index (χ4n) is 0.684. The summed E-state index contributed by atoms with van der Waals surface area (Å²) in [4.78, 5) is 4.15. The molecular formula is C6H13B4N. The molecule has 5 heteroatoms. The van der Waals surface area contributed by atoms with Crippen LogP contribution in [0.1, 0.15) is 27.2 Å². The molecule has 0 amide bonds. The highest BCUT2D eigenvalue weighted by molar-refractivity contribution is 7.49. The molecule has 6 radical (unpaired) electrons. The minimum Gasteiger partial charge on any atom is -0.294 e. The van der Waals surface area contributed by atoms with Gasteiger partial charge in [0, 0.05) is 41.9 Å². The Kier molecular flexibility index (Phi) is 9.87. The predicted molar refractivity (Wildman–Crippen MR) is 57.0 cm³/mol. The van der Waals surface area contributed by atoms with Crippen molar-refractivity contribution in [2.45, 2.75) is 27.2 Å². The van der Waals surface area contributed by atoms with Gasteiger partial charge in [0.15, 0.2) is 0 Å². The van der Waals surface area contributed by atoms with Crippen molar-refractivity contribution in [3.63, 3.8) is 0 Å². The van der Waals surface area contributed by atoms with Crippen LogP contribution >= 0.6 is 0 Å². The van der Waals surface area contributed by atoms with Gasteiger partial charge in [-0.15, -0.1) is 0 Å². The zero-order valence-corrected chi connectivity index (χ0v) is 6.38. The minimum atomic E-state index is -0.667. The monoisotopic (exact) mass is 143 g/mol. The van der Waals surface area contributed by atoms with E-state index in [0.717, 1.165) is 6.54 Å². The molecule has 0 aliphatic carbocycles. The molecular weight excluding hydrogens is 129 g/mol. The van der Waals surface area contributed by atoms with Gasteiger partial charge in [-0.05, 0) is 19.8 Å². The zero-order valence-electron chi connectivity index (χ0n) is 6.38. The number of hydrogen-bond donors (Lipinski definition) is 0. The van der Waals surface area contributed by atoms with E-state index in [1.165, 1.54) is 18.6 Å². The fourth-order valence-corrected chi connectivity index (χ4v) is 0.684. The van der Waals surface area contributed by atoms with Crippen molar-refractivity contribution in [1.82, 2.24) is 0 Å². The Hall–Kier alpha value is -0.0703. The Morgan fingerprint density at radius 3 is 1.91 bits per heavy atom. The molecule has 1 aliphatic heterocycles. The molecule has 1 heterocycles. The first-order valence-electron chi connectivity index (χ1n) is 3.39. The standard InChI is InChI=1S/C5H9N.CH4.B4/c1-5-3-2-4-6-5;;1-4(2)3/h2-4H2,1H3;1H4;. The van der Waals surface area contributed by atoms with Crippen LogP contribution in [0.5, 0.6) is 0 Å². The molecule has 0 N–H and O–H groups in total. The lowest BCUT2D eigenvalue weighted by atomic mass is 9.08. The number of rotatable bonds is 0. The lowest BCUT2D eigenvalue weighted by Crippen LogP contribution is -2.11. The summed E-state index contributed by atoms with van der Waals surface area (Å²) in [5.41, 5.74) is 1.33. The summed E-state index contributed by atoms with van der Waals surface area (Å²) in [5, 5.41) is 0. The van der Waals surface area contributed by atoms with Gasteiger partial charge in [-0.25, -0.2) is 0 Å². The van der Waals surface area contributed by atoms with E-state index in [1.807, 2.05) is 0 Å². The van der Waals surface area contributed by atoms with Crippen molar-refractivity contribution < 1.29 is 0 Å². The van der Waals surface area contributed by atoms with Crippen molar-refractivity contribution >= 4 is 35.3 Å². The van der Waals surface area contributed by atoms with Gasteiger partial charge in [-0.2, -0.15) is 0 Å². The maximum Gasteiger partial charge on any atom is 0.0392 e. The van der Waals surface area contributed by atoms with Crippen molar-refractivity contribution in [2.24, 2.45) is 4.99 Å². The van der Waals surface area contributed by atoms with Gasteiger partial charge in [-0.3, -0.25) is 4.99 Å². The maximum absolute atomic E-state index is 4.67. The molecule has 0 aromatic rings. The summed E-state index contributed by atoms with van der Waals surface area (Å²) in [6.07, 6.45) is 1.85. The molecule has 11 heavy (non-hydrogen) atoms. The topological polar surface area (TPSA) is 12.4 Å². The van der Waals surface area contributed by atoms with Gasteiger partial charge in [-0.1, -0.05) is 7.43 Å². The highest BCUT2D eigenvalue weighted by atomic mass is 14.7. The summed E-state index contributed by atoms with van der Waals surface area (Å²) in [7, 11) is 14.0. The van der Waals surface area contributed by atoms with Gasteiger partial charge >= 0.3 is 0 Å². The fraction of sp³-hybridized carbons (Fsp3) is 0.833. The Bertz CT molecular complexity index is 110. The van der Waals surface area contributed by atoms with Crippen molar-refractivity contribution in [2.75, 3.05) is 6.54 Å². The lowest BCUT2D eigenvalue weighted by molar-refractivity contribution is 0.951. The van der Waals surface area contributed by atoms with Crippen LogP contribution in [0.4, 0.5) is 0 Å². The number of nitrogens with zero attached hydrogens (tertiary/aromatic N) is 1. The van der Waals surface area contributed by atoms with Crippen LogP contribution in [0, 0.1) is 0 Å². The summed E-state index contributed by atoms with van der Waals surface area (Å²) in [6, 6.07) is 0. The van der Waals surface area contributed by atoms with Crippen LogP contribution in [0.15, 0.2) is 4.99 Å². The van der Waals surface area contributed by atoms with E-state index in [4.69, 9.17) is 0 Å². The molecule has 0 fully saturated rings. The van der Waals surface area contributed by atoms with Gasteiger partial charge in [0.2, 0.25) is 0 Å². The molecule has 0 aromatic carbocycles. The summed E-state index contributed by atoms with van der Waals surface area (Å²) in [6.45, 7) is 3.17. The molecule has 0 saturated carbocycles. The average molecular weight is 142 g/mol. The highest BCUT2D eigenvalue weighted by Crippen LogP contribution is 2.00. The summed E-state index contributed by atoms with van der Waals surface area (Å²) < 4.78 is 0. The second-order valence-corrected chi connectivity index (χ2v) is 2.30. The van der Waals surface area contributed by atoms with E-state index in [0.29, 0.717) is 0 Å². The number of hydrogen-bond acceptors (Lipinski definition) is 1. The van der Waals surface area contributed by atoms with E-state index in [-0.39, 0.29) is 7.43 Å². The Morgan fingerprint density at radius 1 is 1.36 bits per heavy atom. The van der Waals surface area contributed by atoms with E-state index >= 15 is 0 Å². The Morgan fingerprint density at radius 2 is 1.82 bits per heavy atom. The average Bonchev–Trinajstić information content (AvgIpc) is 2.15. The van der Waals surface area contributed by atoms with Crippen molar-refractivity contribution in [1.29, 1.82) is 0 Å². The molecule has 0 bridgehead atoms. The van der Waals surface area contributed by atoms with Crippen LogP contribution in [0.3, 0.4) is 0 Å². The minimum absolute atomic E-state index is 0. The van der Waals surface area contributed by atoms with Gasteiger partial charge in [0.1, 0.15) is 0 Å². The first kappa shape index (κ1) is 13.5. The van der Waals surface area contributed by atoms with Crippen LogP contribution in [0.2, 0.25) is 0 Å². The van der Waals surface area contributed by atoms with E-state index in [2.05, 4.69) is 35.1 Å². The van der Waals surface area contributed by atoms with E-state index < -0.39 is 6.39 Å². The molecule has 0 aromatic heterocycles. The summed E-state index contributed by atoms with van der Waals surface area (Å²) >= 11 is 0. The lowest BCUT2D eigenvalue weighted by Gasteiger charge is -1.76. The molecule has 0 saturated heterocycles. The zero-order chi connectivity index (χ0) is 7.98. The molecule has 54 valence electrons. The van der Waals surface area contributed by atoms with Crippen LogP contribution in [-0.2, 0) is 0 Å². The molecule has 0 spiro atoms. The molecule has 0 unspecified atom stereocenters. The Balaban J connectivity index is 0. The van der Waals surface area contributed by atoms with Crippen molar-refractivity contribution in [3.05, 3.63) is 0 Å². The third-order valence-corrected chi connectivity index (χ3v) is 1.08. The van der Waals surface area contributed by atoms with E-state index in [1.54, 1.807) is 0 Å². The Labute approximate surface area is 74.7 Å². The molecule has 1 nitrogen and oxygen atoms in total. The first-order valence-corrected chi connectivity index (χ1v) is 3.39. The predicted octanol–water partition coefficient (Wildman–Crippen LogP) is 0.354. The van der Waals surface area contributed by atoms with E-state index in [9.17, 15) is 0 Å². The molecule has 1 aliphatic rings. The molecule has 0 atom stereocenters. The molecule has 1 rings (SSSR count).